The molecule has 2 nitrogen and oxygen atoms in total. The minimum absolute atomic E-state index is 0.0428. The third-order valence-corrected chi connectivity index (χ3v) is 5.63. The summed E-state index contributed by atoms with van der Waals surface area (Å²) in [6, 6.07) is 1.94. The van der Waals surface area contributed by atoms with Gasteiger partial charge in [0.2, 0.25) is 0 Å². The second-order valence-corrected chi connectivity index (χ2v) is 7.70. The van der Waals surface area contributed by atoms with Gasteiger partial charge in [-0.1, -0.05) is 36.0 Å². The minimum Gasteiger partial charge on any atom is -0.371 e. The van der Waals surface area contributed by atoms with Crippen molar-refractivity contribution in [1.29, 1.82) is 0 Å². The van der Waals surface area contributed by atoms with Crippen LogP contribution in [0.4, 0.5) is 0 Å². The van der Waals surface area contributed by atoms with E-state index in [1.54, 1.807) is 0 Å². The number of halogens is 2. The van der Waals surface area contributed by atoms with Crippen molar-refractivity contribution in [3.05, 3.63) is 20.3 Å². The Hall–Kier alpha value is 0.200. The number of hydrogen-bond donors (Lipinski definition) is 1. The Balaban J connectivity index is 1.74. The molecule has 0 amide bonds. The molecule has 2 aliphatic rings. The highest BCUT2D eigenvalue weighted by atomic mass is 35.5. The summed E-state index contributed by atoms with van der Waals surface area (Å²) in [5.41, 5.74) is 1.40. The number of thiophene rings is 1. The first-order valence-corrected chi connectivity index (χ1v) is 8.03. The van der Waals surface area contributed by atoms with Crippen LogP contribution in [-0.4, -0.2) is 19.7 Å². The van der Waals surface area contributed by atoms with Crippen LogP contribution in [0.5, 0.6) is 0 Å². The van der Waals surface area contributed by atoms with Crippen LogP contribution < -0.4 is 5.32 Å². The van der Waals surface area contributed by atoms with Crippen molar-refractivity contribution in [3.63, 3.8) is 0 Å². The van der Waals surface area contributed by atoms with Gasteiger partial charge >= 0.3 is 0 Å². The van der Waals surface area contributed by atoms with E-state index in [-0.39, 0.29) is 6.10 Å². The molecular weight excluding hydrogens is 289 g/mol. The lowest BCUT2D eigenvalue weighted by Crippen LogP contribution is -2.32. The SMILES string of the molecule is Clc1cc(C2CNCC3(CCCC3)CO2)c(Cl)s1. The van der Waals surface area contributed by atoms with Crippen molar-refractivity contribution >= 4 is 34.5 Å². The molecule has 1 aliphatic heterocycles. The van der Waals surface area contributed by atoms with Crippen molar-refractivity contribution < 1.29 is 4.74 Å². The van der Waals surface area contributed by atoms with Crippen molar-refractivity contribution in [2.75, 3.05) is 19.7 Å². The Labute approximate surface area is 122 Å². The Morgan fingerprint density at radius 1 is 1.33 bits per heavy atom. The summed E-state index contributed by atoms with van der Waals surface area (Å²) in [6.45, 7) is 2.74. The zero-order valence-corrected chi connectivity index (χ0v) is 12.5. The summed E-state index contributed by atoms with van der Waals surface area (Å²) >= 11 is 13.6. The summed E-state index contributed by atoms with van der Waals surface area (Å²) in [5.74, 6) is 0. The summed E-state index contributed by atoms with van der Waals surface area (Å²) in [7, 11) is 0. The largest absolute Gasteiger partial charge is 0.371 e. The lowest BCUT2D eigenvalue weighted by molar-refractivity contribution is 0.0160. The fourth-order valence-corrected chi connectivity index (χ4v) is 4.63. The molecule has 2 fully saturated rings. The maximum atomic E-state index is 6.21. The van der Waals surface area contributed by atoms with Gasteiger partial charge in [-0.05, 0) is 18.9 Å². The standard InChI is InChI=1S/C13H17Cl2NOS/c14-11-5-9(12(15)18-11)10-6-16-7-13(8-17-10)3-1-2-4-13/h5,10,16H,1-4,6-8H2. The van der Waals surface area contributed by atoms with Gasteiger partial charge in [0.25, 0.3) is 0 Å². The Kier molecular flexibility index (Phi) is 3.88. The highest BCUT2D eigenvalue weighted by Gasteiger charge is 2.37. The van der Waals surface area contributed by atoms with E-state index in [0.717, 1.165) is 33.9 Å². The van der Waals surface area contributed by atoms with Gasteiger partial charge in [0, 0.05) is 24.1 Å². The first-order valence-electron chi connectivity index (χ1n) is 6.46. The van der Waals surface area contributed by atoms with Gasteiger partial charge in [0.1, 0.15) is 4.34 Å². The highest BCUT2D eigenvalue weighted by Crippen LogP contribution is 2.42. The molecule has 2 heterocycles. The van der Waals surface area contributed by atoms with Gasteiger partial charge in [-0.15, -0.1) is 11.3 Å². The van der Waals surface area contributed by atoms with E-state index in [4.69, 9.17) is 27.9 Å². The third kappa shape index (κ3) is 2.56. The Morgan fingerprint density at radius 2 is 2.11 bits per heavy atom. The molecule has 5 heteroatoms. The maximum Gasteiger partial charge on any atom is 0.100 e. The van der Waals surface area contributed by atoms with Crippen molar-refractivity contribution in [1.82, 2.24) is 5.32 Å². The Bertz CT molecular complexity index is 429. The molecule has 1 atom stereocenters. The predicted molar refractivity (Wildman–Crippen MR) is 76.8 cm³/mol. The van der Waals surface area contributed by atoms with Crippen molar-refractivity contribution in [2.45, 2.75) is 31.8 Å². The van der Waals surface area contributed by atoms with Crippen LogP contribution in [0, 0.1) is 5.41 Å². The molecular formula is C13H17Cl2NOS. The number of hydrogen-bond acceptors (Lipinski definition) is 3. The van der Waals surface area contributed by atoms with E-state index in [0.29, 0.717) is 5.41 Å². The normalized spacial score (nSPS) is 27.6. The minimum atomic E-state index is 0.0428. The summed E-state index contributed by atoms with van der Waals surface area (Å²) in [5, 5.41) is 3.54. The molecule has 1 saturated heterocycles. The molecule has 1 saturated carbocycles. The molecule has 3 rings (SSSR count). The van der Waals surface area contributed by atoms with Crippen LogP contribution in [0.25, 0.3) is 0 Å². The lowest BCUT2D eigenvalue weighted by Gasteiger charge is -2.26. The van der Waals surface area contributed by atoms with E-state index in [2.05, 4.69) is 5.32 Å². The average Bonchev–Trinajstić information content (AvgIpc) is 2.84. The molecule has 0 aromatic carbocycles. The fraction of sp³-hybridized carbons (Fsp3) is 0.692. The third-order valence-electron chi connectivity index (χ3n) is 4.11. The van der Waals surface area contributed by atoms with E-state index in [1.165, 1.54) is 37.0 Å². The first-order chi connectivity index (χ1) is 8.69. The van der Waals surface area contributed by atoms with Gasteiger partial charge in [-0.2, -0.15) is 0 Å². The van der Waals surface area contributed by atoms with Crippen molar-refractivity contribution in [3.8, 4) is 0 Å². The summed E-state index contributed by atoms with van der Waals surface area (Å²) in [6.07, 6.45) is 5.28. The number of nitrogens with one attached hydrogen (secondary N) is 1. The van der Waals surface area contributed by atoms with E-state index in [9.17, 15) is 0 Å². The van der Waals surface area contributed by atoms with Crippen LogP contribution >= 0.6 is 34.5 Å². The lowest BCUT2D eigenvalue weighted by atomic mass is 9.87. The summed E-state index contributed by atoms with van der Waals surface area (Å²) < 4.78 is 7.62. The van der Waals surface area contributed by atoms with Crippen LogP contribution in [-0.2, 0) is 4.74 Å². The second-order valence-electron chi connectivity index (χ2n) is 5.42. The van der Waals surface area contributed by atoms with Gasteiger partial charge < -0.3 is 10.1 Å². The monoisotopic (exact) mass is 305 g/mol. The maximum absolute atomic E-state index is 6.21. The molecule has 18 heavy (non-hydrogen) atoms. The molecule has 1 aliphatic carbocycles. The number of rotatable bonds is 1. The fourth-order valence-electron chi connectivity index (χ4n) is 3.07. The van der Waals surface area contributed by atoms with Crippen LogP contribution in [0.1, 0.15) is 37.4 Å². The molecule has 1 spiro atoms. The molecule has 1 aromatic heterocycles. The van der Waals surface area contributed by atoms with Crippen LogP contribution in [0.3, 0.4) is 0 Å². The van der Waals surface area contributed by atoms with Crippen molar-refractivity contribution in [2.24, 2.45) is 5.41 Å². The topological polar surface area (TPSA) is 21.3 Å². The molecule has 1 unspecified atom stereocenters. The molecule has 0 radical (unpaired) electrons. The number of ether oxygens (including phenoxy) is 1. The molecule has 1 aromatic rings. The highest BCUT2D eigenvalue weighted by molar-refractivity contribution is 7.20. The van der Waals surface area contributed by atoms with E-state index in [1.807, 2.05) is 6.07 Å². The molecule has 100 valence electrons. The van der Waals surface area contributed by atoms with Crippen LogP contribution in [0.15, 0.2) is 6.07 Å². The van der Waals surface area contributed by atoms with E-state index < -0.39 is 0 Å². The average molecular weight is 306 g/mol. The van der Waals surface area contributed by atoms with Gasteiger partial charge in [0.05, 0.1) is 17.0 Å². The predicted octanol–water partition coefficient (Wildman–Crippen LogP) is 4.28. The summed E-state index contributed by atoms with van der Waals surface area (Å²) in [4.78, 5) is 0. The zero-order valence-electron chi connectivity index (χ0n) is 10.2. The Morgan fingerprint density at radius 3 is 2.78 bits per heavy atom. The molecule has 0 bridgehead atoms. The second kappa shape index (κ2) is 5.29. The zero-order chi connectivity index (χ0) is 12.6. The molecule has 1 N–H and O–H groups in total. The van der Waals surface area contributed by atoms with Crippen LogP contribution in [0.2, 0.25) is 8.67 Å². The first kappa shape index (κ1) is 13.2. The quantitative estimate of drug-likeness (QED) is 0.836. The van der Waals surface area contributed by atoms with Gasteiger partial charge in [-0.25, -0.2) is 0 Å². The smallest absolute Gasteiger partial charge is 0.100 e. The van der Waals surface area contributed by atoms with Gasteiger partial charge in [-0.3, -0.25) is 0 Å². The van der Waals surface area contributed by atoms with E-state index >= 15 is 0 Å². The van der Waals surface area contributed by atoms with Gasteiger partial charge in [0.15, 0.2) is 0 Å².